The summed E-state index contributed by atoms with van der Waals surface area (Å²) in [6.07, 6.45) is 3.29. The van der Waals surface area contributed by atoms with Gasteiger partial charge in [0, 0.05) is 0 Å². The largest absolute Gasteiger partial charge is 0.397 e. The van der Waals surface area contributed by atoms with Crippen molar-refractivity contribution in [2.45, 2.75) is 4.90 Å². The Labute approximate surface area is 117 Å². The van der Waals surface area contributed by atoms with Crippen molar-refractivity contribution in [2.24, 2.45) is 0 Å². The highest BCUT2D eigenvalue weighted by Crippen LogP contribution is 2.29. The molecule has 104 valence electrons. The van der Waals surface area contributed by atoms with Gasteiger partial charge in [-0.05, 0) is 17.2 Å². The minimum atomic E-state index is -4.45. The lowest BCUT2D eigenvalue weighted by atomic mass is 10.1. The van der Waals surface area contributed by atoms with E-state index in [0.717, 1.165) is 5.56 Å². The van der Waals surface area contributed by atoms with Gasteiger partial charge in [0.15, 0.2) is 0 Å². The van der Waals surface area contributed by atoms with Crippen LogP contribution in [0, 0.1) is 0 Å². The van der Waals surface area contributed by atoms with E-state index in [1.165, 1.54) is 12.1 Å². The van der Waals surface area contributed by atoms with Crippen LogP contribution in [0.2, 0.25) is 0 Å². The Balaban J connectivity index is 2.53. The van der Waals surface area contributed by atoms with Gasteiger partial charge in [-0.15, -0.1) is 0 Å². The van der Waals surface area contributed by atoms with Crippen molar-refractivity contribution in [3.8, 4) is 0 Å². The van der Waals surface area contributed by atoms with Crippen molar-refractivity contribution < 1.29 is 13.0 Å². The molecule has 0 saturated heterocycles. The molecular weight excluding hydrogens is 276 g/mol. The number of hydrogen-bond acceptors (Lipinski definition) is 4. The zero-order chi connectivity index (χ0) is 14.8. The van der Waals surface area contributed by atoms with E-state index in [2.05, 4.69) is 0 Å². The van der Waals surface area contributed by atoms with E-state index in [1.54, 1.807) is 12.2 Å². The molecular formula is C14H14N2O3S. The first kappa shape index (κ1) is 14.1. The van der Waals surface area contributed by atoms with E-state index in [9.17, 15) is 13.0 Å². The lowest BCUT2D eigenvalue weighted by Gasteiger charge is -2.09. The molecule has 2 rings (SSSR count). The first-order valence-electron chi connectivity index (χ1n) is 5.78. The third-order valence-electron chi connectivity index (χ3n) is 2.77. The third kappa shape index (κ3) is 2.98. The highest BCUT2D eigenvalue weighted by Gasteiger charge is 2.19. The van der Waals surface area contributed by atoms with Crippen LogP contribution in [0.3, 0.4) is 0 Å². The van der Waals surface area contributed by atoms with Crippen LogP contribution in [0.1, 0.15) is 11.1 Å². The number of nitrogen functional groups attached to an aromatic ring is 2. The number of benzene rings is 2. The highest BCUT2D eigenvalue weighted by atomic mass is 32.2. The molecule has 0 aliphatic heterocycles. The molecule has 0 atom stereocenters. The van der Waals surface area contributed by atoms with Gasteiger partial charge in [-0.25, -0.2) is 0 Å². The molecule has 0 saturated carbocycles. The number of rotatable bonds is 3. The fourth-order valence-electron chi connectivity index (χ4n) is 1.80. The van der Waals surface area contributed by atoms with Gasteiger partial charge in [0.1, 0.15) is 4.90 Å². The summed E-state index contributed by atoms with van der Waals surface area (Å²) in [7, 11) is -4.45. The predicted molar refractivity (Wildman–Crippen MR) is 80.5 cm³/mol. The van der Waals surface area contributed by atoms with Gasteiger partial charge in [0.2, 0.25) is 0 Å². The van der Waals surface area contributed by atoms with E-state index >= 15 is 0 Å². The van der Waals surface area contributed by atoms with Crippen molar-refractivity contribution >= 4 is 33.6 Å². The molecule has 0 heterocycles. The second-order valence-electron chi connectivity index (χ2n) is 4.21. The Kier molecular flexibility index (Phi) is 3.78. The average molecular weight is 290 g/mol. The van der Waals surface area contributed by atoms with Crippen molar-refractivity contribution in [3.63, 3.8) is 0 Å². The van der Waals surface area contributed by atoms with Crippen LogP contribution < -0.4 is 11.5 Å². The molecule has 0 radical (unpaired) electrons. The van der Waals surface area contributed by atoms with E-state index < -0.39 is 10.1 Å². The number of anilines is 2. The topological polar surface area (TPSA) is 106 Å². The fourth-order valence-corrected chi connectivity index (χ4v) is 2.63. The summed E-state index contributed by atoms with van der Waals surface area (Å²) >= 11 is 0. The summed E-state index contributed by atoms with van der Waals surface area (Å²) in [4.78, 5) is -0.371. The summed E-state index contributed by atoms with van der Waals surface area (Å²) in [5.41, 5.74) is 12.3. The second-order valence-corrected chi connectivity index (χ2v) is 5.56. The monoisotopic (exact) mass is 290 g/mol. The van der Waals surface area contributed by atoms with E-state index in [0.29, 0.717) is 0 Å². The fraction of sp³-hybridized carbons (Fsp3) is 0. The molecule has 0 fully saturated rings. The van der Waals surface area contributed by atoms with Gasteiger partial charge in [-0.3, -0.25) is 4.55 Å². The molecule has 0 amide bonds. The van der Waals surface area contributed by atoms with Crippen LogP contribution >= 0.6 is 0 Å². The van der Waals surface area contributed by atoms with Gasteiger partial charge in [-0.1, -0.05) is 48.6 Å². The molecule has 0 aliphatic carbocycles. The smallest absolute Gasteiger partial charge is 0.297 e. The third-order valence-corrected chi connectivity index (χ3v) is 3.74. The molecule has 0 aliphatic rings. The van der Waals surface area contributed by atoms with Crippen molar-refractivity contribution in [2.75, 3.05) is 11.5 Å². The molecule has 6 heteroatoms. The minimum Gasteiger partial charge on any atom is -0.397 e. The van der Waals surface area contributed by atoms with Gasteiger partial charge >= 0.3 is 0 Å². The van der Waals surface area contributed by atoms with Gasteiger partial charge in [-0.2, -0.15) is 8.42 Å². The Hall–Kier alpha value is -2.31. The first-order valence-corrected chi connectivity index (χ1v) is 7.22. The Morgan fingerprint density at radius 3 is 2.20 bits per heavy atom. The Bertz CT molecular complexity index is 753. The summed E-state index contributed by atoms with van der Waals surface area (Å²) in [6, 6.07) is 12.3. The SMILES string of the molecule is Nc1ccc(C=Cc2ccccc2)c(S(=O)(=O)O)c1N. The van der Waals surface area contributed by atoms with Crippen molar-refractivity contribution in [3.05, 3.63) is 53.6 Å². The van der Waals surface area contributed by atoms with Crippen LogP contribution in [0.5, 0.6) is 0 Å². The predicted octanol–water partition coefficient (Wildman–Crippen LogP) is 2.27. The zero-order valence-corrected chi connectivity index (χ0v) is 11.3. The number of hydrogen-bond donors (Lipinski definition) is 3. The maximum absolute atomic E-state index is 11.4. The van der Waals surface area contributed by atoms with Crippen LogP contribution in [-0.2, 0) is 10.1 Å². The minimum absolute atomic E-state index is 0.106. The van der Waals surface area contributed by atoms with Gasteiger partial charge < -0.3 is 11.5 Å². The zero-order valence-electron chi connectivity index (χ0n) is 10.5. The van der Waals surface area contributed by atoms with Crippen LogP contribution in [-0.4, -0.2) is 13.0 Å². The summed E-state index contributed by atoms with van der Waals surface area (Å²) in [5, 5.41) is 0. The number of nitrogens with two attached hydrogens (primary N) is 2. The highest BCUT2D eigenvalue weighted by molar-refractivity contribution is 7.86. The van der Waals surface area contributed by atoms with Gasteiger partial charge in [0.05, 0.1) is 11.4 Å². The van der Waals surface area contributed by atoms with Crippen LogP contribution in [0.15, 0.2) is 47.4 Å². The Morgan fingerprint density at radius 1 is 0.950 bits per heavy atom. The summed E-state index contributed by atoms with van der Waals surface area (Å²) in [6.45, 7) is 0. The quantitative estimate of drug-likeness (QED) is 0.456. The molecule has 0 bridgehead atoms. The van der Waals surface area contributed by atoms with Crippen molar-refractivity contribution in [1.29, 1.82) is 0 Å². The standard InChI is InChI=1S/C14H14N2O3S/c15-12-9-8-11(14(13(12)16)20(17,18)19)7-6-10-4-2-1-3-5-10/h1-9H,15-16H2,(H,17,18,19). The molecule has 5 nitrogen and oxygen atoms in total. The molecule has 20 heavy (non-hydrogen) atoms. The van der Waals surface area contributed by atoms with Gasteiger partial charge in [0.25, 0.3) is 10.1 Å². The average Bonchev–Trinajstić information content (AvgIpc) is 2.40. The van der Waals surface area contributed by atoms with Crippen LogP contribution in [0.25, 0.3) is 12.2 Å². The first-order chi connectivity index (χ1) is 9.39. The normalized spacial score (nSPS) is 11.8. The van der Waals surface area contributed by atoms with E-state index in [1.807, 2.05) is 30.3 Å². The maximum atomic E-state index is 11.4. The molecule has 0 aromatic heterocycles. The molecule has 0 spiro atoms. The van der Waals surface area contributed by atoms with Crippen LogP contribution in [0.4, 0.5) is 11.4 Å². The maximum Gasteiger partial charge on any atom is 0.297 e. The summed E-state index contributed by atoms with van der Waals surface area (Å²) in [5.74, 6) is 0. The molecule has 5 N–H and O–H groups in total. The van der Waals surface area contributed by atoms with E-state index in [4.69, 9.17) is 11.5 Å². The Morgan fingerprint density at radius 2 is 1.60 bits per heavy atom. The second kappa shape index (κ2) is 5.36. The lowest BCUT2D eigenvalue weighted by Crippen LogP contribution is -2.08. The molecule has 2 aromatic carbocycles. The molecule has 2 aromatic rings. The summed E-state index contributed by atoms with van der Waals surface area (Å²) < 4.78 is 32.1. The lowest BCUT2D eigenvalue weighted by molar-refractivity contribution is 0.483. The van der Waals surface area contributed by atoms with E-state index in [-0.39, 0.29) is 21.8 Å². The van der Waals surface area contributed by atoms with Crippen molar-refractivity contribution in [1.82, 2.24) is 0 Å². The molecule has 0 unspecified atom stereocenters.